The van der Waals surface area contributed by atoms with Crippen molar-refractivity contribution in [2.24, 2.45) is 0 Å². The highest BCUT2D eigenvalue weighted by molar-refractivity contribution is 6.22. The number of hydrogen-bond acceptors (Lipinski definition) is 1. The number of rotatable bonds is 3. The summed E-state index contributed by atoms with van der Waals surface area (Å²) in [4.78, 5) is 4.76. The summed E-state index contributed by atoms with van der Waals surface area (Å²) >= 11 is 0. The molecule has 0 radical (unpaired) electrons. The quantitative estimate of drug-likeness (QED) is 0.207. The lowest BCUT2D eigenvalue weighted by Gasteiger charge is -2.13. The van der Waals surface area contributed by atoms with Crippen molar-refractivity contribution in [1.29, 1.82) is 0 Å². The van der Waals surface area contributed by atoms with Crippen LogP contribution in [0.2, 0.25) is 0 Å². The lowest BCUT2D eigenvalue weighted by molar-refractivity contribution is 1.08. The third kappa shape index (κ3) is 3.42. The second-order valence-corrected chi connectivity index (χ2v) is 11.9. The number of para-hydroxylation sites is 1. The van der Waals surface area contributed by atoms with E-state index in [0.717, 1.165) is 11.3 Å². The van der Waals surface area contributed by atoms with Crippen molar-refractivity contribution in [1.82, 2.24) is 9.55 Å². The molecule has 2 heterocycles. The van der Waals surface area contributed by atoms with Gasteiger partial charge in [-0.3, -0.25) is 4.57 Å². The van der Waals surface area contributed by atoms with E-state index in [-0.39, 0.29) is 0 Å². The maximum Gasteiger partial charge on any atom is 0.137 e. The van der Waals surface area contributed by atoms with Crippen LogP contribution in [0.25, 0.3) is 93.7 Å². The summed E-state index contributed by atoms with van der Waals surface area (Å²) in [5.74, 6) is 0.930. The summed E-state index contributed by atoms with van der Waals surface area (Å²) in [5, 5.41) is 7.60. The van der Waals surface area contributed by atoms with E-state index in [1.54, 1.807) is 0 Å². The van der Waals surface area contributed by atoms with Gasteiger partial charge in [0.05, 0.1) is 11.0 Å². The average molecular weight is 571 g/mol. The van der Waals surface area contributed by atoms with Gasteiger partial charge in [0, 0.05) is 22.4 Å². The number of nitrogens with zero attached hydrogens (tertiary/aromatic N) is 2. The summed E-state index contributed by atoms with van der Waals surface area (Å²) < 4.78 is 2.31. The topological polar surface area (TPSA) is 17.8 Å². The fraction of sp³-hybridized carbons (Fsp3) is 0. The summed E-state index contributed by atoms with van der Waals surface area (Å²) in [6.45, 7) is 0. The van der Waals surface area contributed by atoms with Crippen molar-refractivity contribution >= 4 is 43.4 Å². The smallest absolute Gasteiger partial charge is 0.137 e. The second-order valence-electron chi connectivity index (χ2n) is 11.9. The summed E-state index contributed by atoms with van der Waals surface area (Å²) in [5.41, 5.74) is 12.6. The minimum absolute atomic E-state index is 0.930. The van der Waals surface area contributed by atoms with Crippen LogP contribution in [0.4, 0.5) is 0 Å². The number of aromatic nitrogens is 2. The Labute approximate surface area is 260 Å². The fourth-order valence-corrected chi connectivity index (χ4v) is 7.68. The third-order valence-electron chi connectivity index (χ3n) is 9.61. The molecule has 1 aliphatic carbocycles. The Morgan fingerprint density at radius 3 is 1.76 bits per heavy atom. The molecule has 208 valence electrons. The van der Waals surface area contributed by atoms with Gasteiger partial charge >= 0.3 is 0 Å². The molecule has 0 amide bonds. The molecule has 10 rings (SSSR count). The van der Waals surface area contributed by atoms with Gasteiger partial charge in [-0.1, -0.05) is 127 Å². The minimum atomic E-state index is 0.930. The number of benzene rings is 7. The lowest BCUT2D eigenvalue weighted by Crippen LogP contribution is -1.97. The van der Waals surface area contributed by atoms with Crippen LogP contribution in [-0.4, -0.2) is 9.55 Å². The van der Waals surface area contributed by atoms with Crippen LogP contribution in [0.1, 0.15) is 0 Å². The molecule has 0 fully saturated rings. The van der Waals surface area contributed by atoms with Gasteiger partial charge in [-0.2, -0.15) is 0 Å². The first-order valence-electron chi connectivity index (χ1n) is 15.5. The van der Waals surface area contributed by atoms with E-state index >= 15 is 0 Å². The summed E-state index contributed by atoms with van der Waals surface area (Å²) in [6.07, 6.45) is 1.87. The minimum Gasteiger partial charge on any atom is -0.293 e. The van der Waals surface area contributed by atoms with Gasteiger partial charge in [-0.15, -0.1) is 0 Å². The Hall–Kier alpha value is -5.99. The molecule has 45 heavy (non-hydrogen) atoms. The normalized spacial score (nSPS) is 12.0. The first-order valence-corrected chi connectivity index (χ1v) is 15.5. The average Bonchev–Trinajstić information content (AvgIpc) is 3.63. The van der Waals surface area contributed by atoms with E-state index in [1.807, 2.05) is 12.3 Å². The molecular weight excluding hydrogens is 544 g/mol. The van der Waals surface area contributed by atoms with E-state index in [0.29, 0.717) is 0 Å². The Balaban J connectivity index is 1.17. The fourth-order valence-electron chi connectivity index (χ4n) is 7.68. The van der Waals surface area contributed by atoms with Gasteiger partial charge in [0.1, 0.15) is 5.82 Å². The second kappa shape index (κ2) is 9.25. The highest BCUT2D eigenvalue weighted by atomic mass is 15.1. The molecule has 7 aromatic carbocycles. The molecule has 0 spiro atoms. The zero-order chi connectivity index (χ0) is 29.5. The maximum atomic E-state index is 4.76. The molecule has 0 saturated carbocycles. The van der Waals surface area contributed by atoms with Crippen molar-refractivity contribution < 1.29 is 0 Å². The van der Waals surface area contributed by atoms with Crippen molar-refractivity contribution in [3.05, 3.63) is 158 Å². The van der Waals surface area contributed by atoms with Crippen LogP contribution in [0.3, 0.4) is 0 Å². The van der Waals surface area contributed by atoms with Crippen LogP contribution in [-0.2, 0) is 0 Å². The van der Waals surface area contributed by atoms with E-state index in [9.17, 15) is 0 Å². The monoisotopic (exact) mass is 570 g/mol. The third-order valence-corrected chi connectivity index (χ3v) is 9.61. The van der Waals surface area contributed by atoms with Crippen molar-refractivity contribution in [3.8, 4) is 50.3 Å². The predicted octanol–water partition coefficient (Wildman–Crippen LogP) is 11.5. The van der Waals surface area contributed by atoms with Crippen LogP contribution < -0.4 is 0 Å². The zero-order valence-electron chi connectivity index (χ0n) is 24.4. The first kappa shape index (κ1) is 24.5. The Bertz CT molecular complexity index is 2600. The number of fused-ring (bicyclic) bond motifs is 8. The SMILES string of the molecule is c1ccc(-n2c3ccccc3c3cc(-c4ccc(-c5ccc6c7c(cccc57)-c5ccccc5-6)cc4)c4ccccc4c32)nc1. The van der Waals surface area contributed by atoms with Gasteiger partial charge in [0.25, 0.3) is 0 Å². The summed E-state index contributed by atoms with van der Waals surface area (Å²) in [6, 6.07) is 55.2. The maximum absolute atomic E-state index is 4.76. The molecule has 1 aliphatic rings. The molecule has 0 unspecified atom stereocenters. The predicted molar refractivity (Wildman–Crippen MR) is 189 cm³/mol. The molecule has 0 bridgehead atoms. The van der Waals surface area contributed by atoms with E-state index in [4.69, 9.17) is 4.98 Å². The van der Waals surface area contributed by atoms with Crippen molar-refractivity contribution in [2.75, 3.05) is 0 Å². The Morgan fingerprint density at radius 2 is 0.978 bits per heavy atom. The molecular formula is C43H26N2. The van der Waals surface area contributed by atoms with Crippen molar-refractivity contribution in [2.45, 2.75) is 0 Å². The summed E-state index contributed by atoms with van der Waals surface area (Å²) in [7, 11) is 0. The van der Waals surface area contributed by atoms with Crippen LogP contribution >= 0.6 is 0 Å². The van der Waals surface area contributed by atoms with Gasteiger partial charge in [-0.25, -0.2) is 4.98 Å². The van der Waals surface area contributed by atoms with Gasteiger partial charge in [0.15, 0.2) is 0 Å². The van der Waals surface area contributed by atoms with Crippen LogP contribution in [0, 0.1) is 0 Å². The molecule has 0 saturated heterocycles. The first-order chi connectivity index (χ1) is 22.3. The largest absolute Gasteiger partial charge is 0.293 e. The molecule has 2 aromatic heterocycles. The van der Waals surface area contributed by atoms with E-state index < -0.39 is 0 Å². The van der Waals surface area contributed by atoms with E-state index in [1.165, 1.54) is 82.3 Å². The van der Waals surface area contributed by atoms with Crippen LogP contribution in [0.15, 0.2) is 158 Å². The number of pyridine rings is 1. The van der Waals surface area contributed by atoms with Gasteiger partial charge < -0.3 is 0 Å². The van der Waals surface area contributed by atoms with Crippen LogP contribution in [0.5, 0.6) is 0 Å². The van der Waals surface area contributed by atoms with E-state index in [2.05, 4.69) is 150 Å². The molecule has 0 N–H and O–H groups in total. The molecule has 2 nitrogen and oxygen atoms in total. The van der Waals surface area contributed by atoms with Gasteiger partial charge in [0.2, 0.25) is 0 Å². The number of hydrogen-bond donors (Lipinski definition) is 0. The highest BCUT2D eigenvalue weighted by Gasteiger charge is 2.22. The standard InChI is InChI=1S/C43H26N2/c1-2-11-31-30(10-1)35-16-9-15-34-29(23-24-36(31)42(34)35)27-19-21-28(22-20-27)38-26-39-33-13-5-6-17-40(33)45(41-18-7-8-25-44-41)43(39)37-14-4-3-12-32(37)38/h1-26H. The molecule has 9 aromatic rings. The lowest BCUT2D eigenvalue weighted by atomic mass is 9.91. The Kier molecular flexibility index (Phi) is 5.03. The molecule has 0 aliphatic heterocycles. The zero-order valence-corrected chi connectivity index (χ0v) is 24.4. The molecule has 0 atom stereocenters. The van der Waals surface area contributed by atoms with Crippen molar-refractivity contribution in [3.63, 3.8) is 0 Å². The highest BCUT2D eigenvalue weighted by Crippen LogP contribution is 2.49. The van der Waals surface area contributed by atoms with Gasteiger partial charge in [-0.05, 0) is 84.9 Å². The molecule has 2 heteroatoms. The Morgan fingerprint density at radius 1 is 0.378 bits per heavy atom.